The number of phenolic OH excluding ortho intramolecular Hbond substituents is 2. The van der Waals surface area contributed by atoms with Gasteiger partial charge in [0.15, 0.2) is 0 Å². The lowest BCUT2D eigenvalue weighted by molar-refractivity contribution is 0.464. The summed E-state index contributed by atoms with van der Waals surface area (Å²) in [5.74, 6) is 0.830. The van der Waals surface area contributed by atoms with E-state index in [0.29, 0.717) is 11.5 Å². The van der Waals surface area contributed by atoms with Gasteiger partial charge in [-0.3, -0.25) is 0 Å². The summed E-state index contributed by atoms with van der Waals surface area (Å²) in [5.41, 5.74) is 4.90. The zero-order valence-electron chi connectivity index (χ0n) is 14.6. The first kappa shape index (κ1) is 16.2. The molecule has 2 aromatic carbocycles. The van der Waals surface area contributed by atoms with Crippen LogP contribution in [0.4, 0.5) is 11.4 Å². The molecule has 2 N–H and O–H groups in total. The largest absolute Gasteiger partial charge is 0.508 e. The van der Waals surface area contributed by atoms with E-state index in [1.54, 1.807) is 12.1 Å². The van der Waals surface area contributed by atoms with E-state index >= 15 is 0 Å². The van der Waals surface area contributed by atoms with Crippen LogP contribution in [0.3, 0.4) is 0 Å². The van der Waals surface area contributed by atoms with Crippen LogP contribution in [0.15, 0.2) is 42.5 Å². The van der Waals surface area contributed by atoms with Crippen molar-refractivity contribution in [3.63, 3.8) is 0 Å². The molecule has 0 saturated heterocycles. The van der Waals surface area contributed by atoms with Gasteiger partial charge in [0.1, 0.15) is 11.5 Å². The quantitative estimate of drug-likeness (QED) is 0.898. The lowest BCUT2D eigenvalue weighted by Gasteiger charge is -2.28. The average Bonchev–Trinajstić information content (AvgIpc) is 2.48. The third-order valence-electron chi connectivity index (χ3n) is 4.62. The van der Waals surface area contributed by atoms with Crippen molar-refractivity contribution < 1.29 is 10.2 Å². The zero-order chi connectivity index (χ0) is 17.4. The minimum Gasteiger partial charge on any atom is -0.508 e. The molecule has 4 heteroatoms. The van der Waals surface area contributed by atoms with Crippen molar-refractivity contribution >= 4 is 16.9 Å². The van der Waals surface area contributed by atoms with Crippen LogP contribution in [0, 0.1) is 0 Å². The number of allylic oxidation sites excluding steroid dienone is 2. The molecule has 1 aliphatic rings. The van der Waals surface area contributed by atoms with E-state index in [2.05, 4.69) is 6.08 Å². The molecule has 0 heterocycles. The molecule has 4 nitrogen and oxygen atoms in total. The normalized spacial score (nSPS) is 16.3. The van der Waals surface area contributed by atoms with Gasteiger partial charge in [0.05, 0.1) is 0 Å². The summed E-state index contributed by atoms with van der Waals surface area (Å²) in [5, 5.41) is 20.5. The number of hydrogen-bond donors (Lipinski definition) is 2. The average molecular weight is 324 g/mol. The summed E-state index contributed by atoms with van der Waals surface area (Å²) >= 11 is 0. The molecule has 0 radical (unpaired) electrons. The molecule has 0 aliphatic heterocycles. The lowest BCUT2D eigenvalue weighted by atomic mass is 9.78. The Kier molecular flexibility index (Phi) is 4.14. The fourth-order valence-electron chi connectivity index (χ4n) is 3.04. The summed E-state index contributed by atoms with van der Waals surface area (Å²) in [6.45, 7) is 0. The molecule has 3 rings (SSSR count). The van der Waals surface area contributed by atoms with E-state index in [1.165, 1.54) is 0 Å². The number of nitrogens with zero attached hydrogens (tertiary/aromatic N) is 2. The van der Waals surface area contributed by atoms with Crippen LogP contribution in [-0.4, -0.2) is 38.4 Å². The van der Waals surface area contributed by atoms with Gasteiger partial charge in [0.25, 0.3) is 0 Å². The maximum absolute atomic E-state index is 10.3. The Labute approximate surface area is 143 Å². The third-order valence-corrected chi connectivity index (χ3v) is 4.62. The van der Waals surface area contributed by atoms with Gasteiger partial charge in [-0.1, -0.05) is 12.1 Å². The summed E-state index contributed by atoms with van der Waals surface area (Å²) < 4.78 is 0. The van der Waals surface area contributed by atoms with E-state index in [4.69, 9.17) is 0 Å². The number of hydrogen-bond acceptors (Lipinski definition) is 4. The van der Waals surface area contributed by atoms with Crippen molar-refractivity contribution in [2.45, 2.75) is 12.3 Å². The fourth-order valence-corrected chi connectivity index (χ4v) is 3.04. The minimum absolute atomic E-state index is 0.198. The summed E-state index contributed by atoms with van der Waals surface area (Å²) in [6, 6.07) is 11.5. The zero-order valence-corrected chi connectivity index (χ0v) is 14.6. The molecule has 0 fully saturated rings. The van der Waals surface area contributed by atoms with Crippen LogP contribution < -0.4 is 9.80 Å². The van der Waals surface area contributed by atoms with Gasteiger partial charge in [-0.15, -0.1) is 0 Å². The molecule has 1 atom stereocenters. The van der Waals surface area contributed by atoms with E-state index in [0.717, 1.165) is 34.5 Å². The third kappa shape index (κ3) is 2.92. The predicted octanol–water partition coefficient (Wildman–Crippen LogP) is 3.80. The molecule has 0 spiro atoms. The second kappa shape index (κ2) is 6.11. The monoisotopic (exact) mass is 324 g/mol. The Hall–Kier alpha value is -2.62. The minimum atomic E-state index is 0.198. The Bertz CT molecular complexity index is 794. The second-order valence-electron chi connectivity index (χ2n) is 6.74. The highest BCUT2D eigenvalue weighted by Crippen LogP contribution is 2.46. The van der Waals surface area contributed by atoms with Gasteiger partial charge in [0, 0.05) is 68.7 Å². The summed E-state index contributed by atoms with van der Waals surface area (Å²) in [7, 11) is 7.81. The van der Waals surface area contributed by atoms with Crippen molar-refractivity contribution in [1.29, 1.82) is 0 Å². The molecular formula is C20H24N2O2. The maximum atomic E-state index is 10.3. The van der Waals surface area contributed by atoms with Crippen molar-refractivity contribution in [3.05, 3.63) is 53.6 Å². The van der Waals surface area contributed by atoms with Gasteiger partial charge in [-0.2, -0.15) is 0 Å². The van der Waals surface area contributed by atoms with Crippen LogP contribution in [0.5, 0.6) is 11.5 Å². The number of phenols is 2. The molecule has 0 amide bonds. The Morgan fingerprint density at radius 1 is 0.833 bits per heavy atom. The Morgan fingerprint density at radius 2 is 1.38 bits per heavy atom. The summed E-state index contributed by atoms with van der Waals surface area (Å²) in [4.78, 5) is 3.93. The van der Waals surface area contributed by atoms with Gasteiger partial charge in [-0.05, 0) is 30.2 Å². The van der Waals surface area contributed by atoms with Crippen LogP contribution in [0.2, 0.25) is 0 Å². The predicted molar refractivity (Wildman–Crippen MR) is 100 cm³/mol. The molecule has 0 saturated carbocycles. The van der Waals surface area contributed by atoms with E-state index in [-0.39, 0.29) is 5.92 Å². The first-order valence-corrected chi connectivity index (χ1v) is 8.08. The van der Waals surface area contributed by atoms with Crippen LogP contribution in [0.25, 0.3) is 5.57 Å². The van der Waals surface area contributed by atoms with E-state index < -0.39 is 0 Å². The second-order valence-corrected chi connectivity index (χ2v) is 6.74. The SMILES string of the molecule is CN(C)c1ccc(C2=CC(c3ccc(N(C)C)cc3O)C2)c(O)c1. The van der Waals surface area contributed by atoms with Gasteiger partial charge >= 0.3 is 0 Å². The van der Waals surface area contributed by atoms with E-state index in [1.807, 2.05) is 62.3 Å². The molecule has 1 aliphatic carbocycles. The Balaban J connectivity index is 1.82. The molecule has 1 unspecified atom stereocenters. The smallest absolute Gasteiger partial charge is 0.125 e. The highest BCUT2D eigenvalue weighted by molar-refractivity contribution is 5.78. The topological polar surface area (TPSA) is 46.9 Å². The molecule has 126 valence electrons. The first-order valence-electron chi connectivity index (χ1n) is 8.08. The highest BCUT2D eigenvalue weighted by Gasteiger charge is 2.26. The number of aromatic hydroxyl groups is 2. The van der Waals surface area contributed by atoms with Crippen molar-refractivity contribution in [2.24, 2.45) is 0 Å². The van der Waals surface area contributed by atoms with Crippen LogP contribution >= 0.6 is 0 Å². The number of rotatable bonds is 4. The molecule has 24 heavy (non-hydrogen) atoms. The lowest BCUT2D eigenvalue weighted by Crippen LogP contribution is -2.11. The maximum Gasteiger partial charge on any atom is 0.125 e. The highest BCUT2D eigenvalue weighted by atomic mass is 16.3. The molecule has 2 aromatic rings. The standard InChI is InChI=1S/C20H24N2O2/c1-21(2)15-5-7-17(19(23)11-15)13-9-14(10-13)18-8-6-16(22(3)4)12-20(18)24/h5-9,11-13,23-24H,10H2,1-4H3. The first-order chi connectivity index (χ1) is 11.4. The fraction of sp³-hybridized carbons (Fsp3) is 0.300. The molecule has 0 aromatic heterocycles. The Morgan fingerprint density at radius 3 is 1.88 bits per heavy atom. The molecule has 0 bridgehead atoms. The van der Waals surface area contributed by atoms with Crippen LogP contribution in [0.1, 0.15) is 23.5 Å². The number of benzene rings is 2. The van der Waals surface area contributed by atoms with E-state index in [9.17, 15) is 10.2 Å². The summed E-state index contributed by atoms with van der Waals surface area (Å²) in [6.07, 6.45) is 2.94. The van der Waals surface area contributed by atoms with Gasteiger partial charge in [-0.25, -0.2) is 0 Å². The van der Waals surface area contributed by atoms with Crippen molar-refractivity contribution in [2.75, 3.05) is 38.0 Å². The van der Waals surface area contributed by atoms with Gasteiger partial charge < -0.3 is 20.0 Å². The van der Waals surface area contributed by atoms with Crippen molar-refractivity contribution in [3.8, 4) is 11.5 Å². The number of anilines is 2. The van der Waals surface area contributed by atoms with Crippen molar-refractivity contribution in [1.82, 2.24) is 0 Å². The molecular weight excluding hydrogens is 300 g/mol. The van der Waals surface area contributed by atoms with Crippen LogP contribution in [-0.2, 0) is 0 Å². The van der Waals surface area contributed by atoms with Gasteiger partial charge in [0.2, 0.25) is 0 Å².